The molecule has 123 heavy (non-hydrogen) atoms. The van der Waals surface area contributed by atoms with Crippen molar-refractivity contribution >= 4 is 169 Å². The van der Waals surface area contributed by atoms with Gasteiger partial charge in [0.2, 0.25) is 35.4 Å². The minimum Gasteiger partial charge on any atom is -0.615 e. The first-order valence-corrected chi connectivity index (χ1v) is 45.1. The highest BCUT2D eigenvalue weighted by Gasteiger charge is 2.22. The second kappa shape index (κ2) is 41.4. The maximum Gasteiger partial charge on any atom is 0.884 e. The van der Waals surface area contributed by atoms with Gasteiger partial charge < -0.3 is 64.4 Å². The molecule has 0 aliphatic carbocycles. The van der Waals surface area contributed by atoms with Gasteiger partial charge in [-0.25, -0.2) is 39.9 Å². The van der Waals surface area contributed by atoms with Gasteiger partial charge in [-0.15, -0.1) is 34.0 Å². The largest absolute Gasteiger partial charge is 0.884 e. The minimum atomic E-state index is -0.814. The van der Waals surface area contributed by atoms with Crippen molar-refractivity contribution in [3.63, 3.8) is 0 Å². The lowest BCUT2D eigenvalue weighted by Crippen LogP contribution is -2.13. The molecular formula is C91H60Al5N8O16S3. The van der Waals surface area contributed by atoms with Crippen LogP contribution in [0.4, 0.5) is 0 Å². The predicted octanol–water partition coefficient (Wildman–Crippen LogP) is 22.4. The van der Waals surface area contributed by atoms with Crippen molar-refractivity contribution in [2.45, 2.75) is 6.92 Å². The molecular weight excluding hydrogens is 1690 g/mol. The van der Waals surface area contributed by atoms with E-state index in [0.717, 1.165) is 99.0 Å². The summed E-state index contributed by atoms with van der Waals surface area (Å²) in [4.78, 5) is 37.4. The molecule has 0 atom stereocenters. The molecule has 5 radical (unpaired) electrons. The van der Waals surface area contributed by atoms with E-state index in [-0.39, 0.29) is 0 Å². The van der Waals surface area contributed by atoms with Crippen molar-refractivity contribution < 1.29 is 64.4 Å². The Morgan fingerprint density at radius 1 is 0.276 bits per heavy atom. The molecule has 0 bridgehead atoms. The third-order valence-electron chi connectivity index (χ3n) is 17.5. The number of aryl methyl sites for hydroxylation is 1. The van der Waals surface area contributed by atoms with E-state index in [1.165, 1.54) is 9.75 Å². The van der Waals surface area contributed by atoms with E-state index >= 15 is 0 Å². The van der Waals surface area contributed by atoms with Crippen molar-refractivity contribution in [3.8, 4) is 124 Å². The van der Waals surface area contributed by atoms with E-state index in [9.17, 15) is 0 Å². The molecule has 10 aromatic carbocycles. The fourth-order valence-corrected chi connectivity index (χ4v) is 17.2. The summed E-state index contributed by atoms with van der Waals surface area (Å²) in [6.45, 7) is 1.92. The van der Waals surface area contributed by atoms with Gasteiger partial charge in [0, 0.05) is 34.4 Å². The molecule has 0 saturated heterocycles. The number of rotatable bonds is 26. The topological polar surface area (TPSA) is 274 Å². The number of aromatic nitrogens is 8. The predicted molar refractivity (Wildman–Crippen MR) is 474 cm³/mol. The first kappa shape index (κ1) is 82.2. The van der Waals surface area contributed by atoms with Crippen LogP contribution in [0.3, 0.4) is 0 Å². The highest BCUT2D eigenvalue weighted by atomic mass is 32.1. The Hall–Kier alpha value is -13.2. The van der Waals surface area contributed by atoms with Gasteiger partial charge in [-0.2, -0.15) is 0 Å². The summed E-state index contributed by atoms with van der Waals surface area (Å²) >= 11 is 1.24. The first-order valence-electron chi connectivity index (χ1n) is 37.8. The van der Waals surface area contributed by atoms with Gasteiger partial charge in [0.1, 0.15) is 37.7 Å². The van der Waals surface area contributed by atoms with E-state index in [2.05, 4.69) is 63.5 Å². The number of oxazole rings is 5. The number of furan rings is 1. The van der Waals surface area contributed by atoms with Crippen molar-refractivity contribution in [1.29, 1.82) is 0 Å². The maximum absolute atomic E-state index is 5.96. The van der Waals surface area contributed by atoms with Crippen LogP contribution in [0.15, 0.2) is 372 Å². The summed E-state index contributed by atoms with van der Waals surface area (Å²) in [7, 11) is 0. The molecule has 0 fully saturated rings. The number of nitrogens with zero attached hydrogens (tertiary/aromatic N) is 8. The number of benzene rings is 10. The molecule has 0 aliphatic heterocycles. The summed E-state index contributed by atoms with van der Waals surface area (Å²) in [6.07, 6.45) is 6.64. The van der Waals surface area contributed by atoms with E-state index < -0.39 is 79.4 Å². The highest BCUT2D eigenvalue weighted by Crippen LogP contribution is 2.39. The van der Waals surface area contributed by atoms with Crippen molar-refractivity contribution in [3.05, 3.63) is 351 Å². The number of hydrogen-bond acceptors (Lipinski definition) is 27. The van der Waals surface area contributed by atoms with Gasteiger partial charge in [0.05, 0.1) is 62.8 Å². The van der Waals surface area contributed by atoms with Gasteiger partial charge in [-0.05, 0) is 193 Å². The second-order valence-corrected chi connectivity index (χ2v) is 32.0. The van der Waals surface area contributed by atoms with Crippen LogP contribution in [0.1, 0.15) is 5.56 Å². The van der Waals surface area contributed by atoms with E-state index in [4.69, 9.17) is 64.4 Å². The minimum absolute atomic E-state index is 0.306. The average Bonchev–Trinajstić information content (AvgIpc) is 1.68. The van der Waals surface area contributed by atoms with Crippen molar-refractivity contribution in [1.82, 2.24) is 39.9 Å². The molecule has 21 rings (SSSR count). The molecule has 32 heteroatoms. The fourth-order valence-electron chi connectivity index (χ4n) is 11.7. The zero-order valence-electron chi connectivity index (χ0n) is 64.6. The number of hydrogen-bond donors (Lipinski definition) is 0. The Balaban J connectivity index is 0.000000109. The lowest BCUT2D eigenvalue weighted by molar-refractivity contribution is 0.362. The molecule has 593 valence electrons. The Morgan fingerprint density at radius 3 is 1.02 bits per heavy atom. The summed E-state index contributed by atoms with van der Waals surface area (Å²) in [5.41, 5.74) is 12.9. The molecule has 0 unspecified atom stereocenters. The molecule has 0 aliphatic rings. The number of para-hydroxylation sites is 15. The zero-order valence-corrected chi connectivity index (χ0v) is 72.9. The van der Waals surface area contributed by atoms with E-state index in [1.807, 2.05) is 285 Å². The summed E-state index contributed by atoms with van der Waals surface area (Å²) in [5, 5.41) is 5.77. The molecule has 0 saturated carbocycles. The van der Waals surface area contributed by atoms with Crippen LogP contribution >= 0.6 is 34.0 Å². The van der Waals surface area contributed by atoms with Crippen LogP contribution in [0.25, 0.3) is 123 Å². The smallest absolute Gasteiger partial charge is 0.615 e. The van der Waals surface area contributed by atoms with Gasteiger partial charge in [0.15, 0.2) is 33.8 Å². The van der Waals surface area contributed by atoms with Crippen LogP contribution in [0.5, 0.6) is 56.7 Å². The molecule has 0 N–H and O–H groups in total. The van der Waals surface area contributed by atoms with Crippen LogP contribution in [-0.4, -0.2) is 119 Å². The fraction of sp³-hybridized carbons (Fsp3) is 0.0110. The van der Waals surface area contributed by atoms with Crippen LogP contribution < -0.4 is 37.9 Å². The second-order valence-electron chi connectivity index (χ2n) is 25.7. The Morgan fingerprint density at radius 2 is 0.642 bits per heavy atom. The Labute approximate surface area is 747 Å². The normalized spacial score (nSPS) is 10.6. The standard InChI is InChI=1S/5C13H9NO2.C8H6OS2.C5H6N2O.C5H5NO.C4H4O2.C4H4OS.5Al/c5*15-11-7-3-1-5-9(11)13-14-10-6-2-4-8-12(10)16-13;9-8-4-3-7(11-8)6-2-1-5-10-6;1-4-2-6-5(8)7-3-4;7-5-3-1-2-4-6-5;2*5-4-2-1-3-6-4;;;;;/h5*1-8,15H;1-5,9H;2-3H,1H3,(H,6,7,8);1-4H,(H,6,7);2*1-3,5H;;;;;/q;;;;;;;;;;5*+2/p-10. The van der Waals surface area contributed by atoms with Crippen molar-refractivity contribution in [2.75, 3.05) is 0 Å². The number of thiophene rings is 3. The molecule has 0 spiro atoms. The van der Waals surface area contributed by atoms with Gasteiger partial charge in [0.25, 0.3) is 6.01 Å². The summed E-state index contributed by atoms with van der Waals surface area (Å²) in [6, 6.07) is 98.0. The van der Waals surface area contributed by atoms with Gasteiger partial charge in [-0.3, -0.25) is 0 Å². The highest BCUT2D eigenvalue weighted by molar-refractivity contribution is 7.22. The van der Waals surface area contributed by atoms with Crippen LogP contribution in [0, 0.1) is 6.92 Å². The SMILES string of the molecule is Cc1cnc([O][Al][O]c2ccccc2-c2nc3ccccc3o2)nc1.c1ccc([O][Al][O]c2ccccc2-c2nc3ccccc3o2)nc1.c1coc([O][Al][O]c2ccccc2-c2nc3ccccc3o2)c1.c1csc(-c2ccc([O][Al][O]c3ccccc3-c3nc4ccccc4o3)s2)c1.c1csc([O][Al][O]c2ccccc2-c2nc3ccccc3o2)c1. The van der Waals surface area contributed by atoms with E-state index in [1.54, 1.807) is 77.1 Å². The third kappa shape index (κ3) is 21.8. The molecule has 11 heterocycles. The number of fused-ring (bicyclic) bond motifs is 5. The summed E-state index contributed by atoms with van der Waals surface area (Å²) < 4.78 is 91.5. The Bertz CT molecular complexity index is 6600. The van der Waals surface area contributed by atoms with E-state index in [0.29, 0.717) is 76.0 Å². The number of pyridine rings is 1. The molecule has 24 nitrogen and oxygen atoms in total. The lowest BCUT2D eigenvalue weighted by atomic mass is 10.2. The lowest BCUT2D eigenvalue weighted by Gasteiger charge is -2.10. The van der Waals surface area contributed by atoms with Gasteiger partial charge in [-0.1, -0.05) is 133 Å². The molecule has 0 amide bonds. The van der Waals surface area contributed by atoms with Crippen molar-refractivity contribution in [2.24, 2.45) is 0 Å². The molecule has 21 aromatic rings. The van der Waals surface area contributed by atoms with Gasteiger partial charge >= 0.3 is 79.4 Å². The third-order valence-corrected chi connectivity index (χ3v) is 24.0. The molecule has 11 aromatic heterocycles. The summed E-state index contributed by atoms with van der Waals surface area (Å²) in [5.74, 6) is 7.08. The Kier molecular flexibility index (Phi) is 27.6. The quantitative estimate of drug-likeness (QED) is 0.0456. The first-order chi connectivity index (χ1) is 60.9. The van der Waals surface area contributed by atoms with Crippen LogP contribution in [-0.2, 0) is 0 Å². The zero-order chi connectivity index (χ0) is 83.0. The average molecular weight is 1750 g/mol. The monoisotopic (exact) mass is 1750 g/mol. The maximum atomic E-state index is 5.96. The van der Waals surface area contributed by atoms with Crippen LogP contribution in [0.2, 0.25) is 0 Å².